The van der Waals surface area contributed by atoms with E-state index in [0.29, 0.717) is 11.3 Å². The molecule has 1 amide bonds. The van der Waals surface area contributed by atoms with Crippen molar-refractivity contribution in [3.05, 3.63) is 59.5 Å². The SMILES string of the molecule is NCc1cc(C(=O)NCCS(=O)(=O)NCc2ccccc2)co1. The third-order valence-corrected chi connectivity index (χ3v) is 4.44. The second-order valence-corrected chi connectivity index (χ2v) is 6.81. The van der Waals surface area contributed by atoms with E-state index in [1.807, 2.05) is 30.3 Å². The zero-order valence-corrected chi connectivity index (χ0v) is 13.3. The first-order valence-electron chi connectivity index (χ1n) is 7.07. The van der Waals surface area contributed by atoms with Crippen LogP contribution in [0.5, 0.6) is 0 Å². The fraction of sp³-hybridized carbons (Fsp3) is 0.267. The molecule has 4 N–H and O–H groups in total. The number of furan rings is 1. The molecule has 0 aliphatic heterocycles. The monoisotopic (exact) mass is 337 g/mol. The Balaban J connectivity index is 1.77. The van der Waals surface area contributed by atoms with Gasteiger partial charge in [0, 0.05) is 13.1 Å². The summed E-state index contributed by atoms with van der Waals surface area (Å²) < 4.78 is 31.3. The van der Waals surface area contributed by atoms with Gasteiger partial charge < -0.3 is 15.5 Å². The highest BCUT2D eigenvalue weighted by atomic mass is 32.2. The van der Waals surface area contributed by atoms with Crippen LogP contribution in [-0.4, -0.2) is 26.6 Å². The molecule has 8 heteroatoms. The summed E-state index contributed by atoms with van der Waals surface area (Å²) in [4.78, 5) is 11.8. The largest absolute Gasteiger partial charge is 0.467 e. The zero-order valence-electron chi connectivity index (χ0n) is 12.5. The van der Waals surface area contributed by atoms with Crippen molar-refractivity contribution >= 4 is 15.9 Å². The Morgan fingerprint density at radius 1 is 1.22 bits per heavy atom. The Hall–Kier alpha value is -2.16. The van der Waals surface area contributed by atoms with Crippen LogP contribution in [0.15, 0.2) is 47.1 Å². The van der Waals surface area contributed by atoms with Crippen LogP contribution in [0.3, 0.4) is 0 Å². The van der Waals surface area contributed by atoms with E-state index < -0.39 is 15.9 Å². The fourth-order valence-corrected chi connectivity index (χ4v) is 2.77. The maximum Gasteiger partial charge on any atom is 0.254 e. The Kier molecular flexibility index (Phi) is 5.91. The highest BCUT2D eigenvalue weighted by Gasteiger charge is 2.13. The molecule has 0 spiro atoms. The molecule has 2 rings (SSSR count). The van der Waals surface area contributed by atoms with E-state index in [4.69, 9.17) is 10.2 Å². The topological polar surface area (TPSA) is 114 Å². The van der Waals surface area contributed by atoms with Gasteiger partial charge in [-0.2, -0.15) is 0 Å². The van der Waals surface area contributed by atoms with Gasteiger partial charge in [-0.3, -0.25) is 4.79 Å². The van der Waals surface area contributed by atoms with Crippen molar-refractivity contribution in [3.63, 3.8) is 0 Å². The molecule has 0 saturated heterocycles. The van der Waals surface area contributed by atoms with E-state index >= 15 is 0 Å². The van der Waals surface area contributed by atoms with Gasteiger partial charge in [0.05, 0.1) is 17.9 Å². The Bertz CT molecular complexity index is 741. The summed E-state index contributed by atoms with van der Waals surface area (Å²) in [6.45, 7) is 0.426. The van der Waals surface area contributed by atoms with Crippen LogP contribution in [0.1, 0.15) is 21.7 Å². The Labute approximate surface area is 134 Å². The lowest BCUT2D eigenvalue weighted by molar-refractivity contribution is 0.0955. The van der Waals surface area contributed by atoms with Gasteiger partial charge in [-0.1, -0.05) is 30.3 Å². The standard InChI is InChI=1S/C15H19N3O4S/c16-9-14-8-13(11-22-14)15(19)17-6-7-23(20,21)18-10-12-4-2-1-3-5-12/h1-5,8,11,18H,6-7,9-10,16H2,(H,17,19). The summed E-state index contributed by atoms with van der Waals surface area (Å²) in [6.07, 6.45) is 1.29. The fourth-order valence-electron chi connectivity index (χ4n) is 1.87. The number of sulfonamides is 1. The summed E-state index contributed by atoms with van der Waals surface area (Å²) >= 11 is 0. The smallest absolute Gasteiger partial charge is 0.254 e. The molecule has 1 aromatic carbocycles. The predicted molar refractivity (Wildman–Crippen MR) is 86.0 cm³/mol. The molecular formula is C15H19N3O4S. The van der Waals surface area contributed by atoms with E-state index in [9.17, 15) is 13.2 Å². The van der Waals surface area contributed by atoms with Gasteiger partial charge in [0.25, 0.3) is 5.91 Å². The minimum Gasteiger partial charge on any atom is -0.467 e. The molecule has 0 atom stereocenters. The number of hydrogen-bond acceptors (Lipinski definition) is 5. The van der Waals surface area contributed by atoms with Crippen molar-refractivity contribution in [1.29, 1.82) is 0 Å². The van der Waals surface area contributed by atoms with Crippen LogP contribution in [0.4, 0.5) is 0 Å². The van der Waals surface area contributed by atoms with E-state index in [1.54, 1.807) is 0 Å². The molecule has 0 aliphatic rings. The van der Waals surface area contributed by atoms with Crippen LogP contribution >= 0.6 is 0 Å². The summed E-state index contributed by atoms with van der Waals surface area (Å²) in [5.74, 6) is -0.105. The normalized spacial score (nSPS) is 11.3. The Morgan fingerprint density at radius 3 is 2.61 bits per heavy atom. The van der Waals surface area contributed by atoms with Gasteiger partial charge in [-0.15, -0.1) is 0 Å². The lowest BCUT2D eigenvalue weighted by Gasteiger charge is -2.07. The van der Waals surface area contributed by atoms with E-state index in [0.717, 1.165) is 5.56 Å². The predicted octanol–water partition coefficient (Wildman–Crippen LogP) is 0.588. The first-order chi connectivity index (χ1) is 11.0. The molecule has 0 fully saturated rings. The van der Waals surface area contributed by atoms with Gasteiger partial charge in [-0.25, -0.2) is 13.1 Å². The second kappa shape index (κ2) is 7.91. The number of nitrogens with one attached hydrogen (secondary N) is 2. The molecule has 0 radical (unpaired) electrons. The lowest BCUT2D eigenvalue weighted by atomic mass is 10.2. The Morgan fingerprint density at radius 2 is 1.96 bits per heavy atom. The molecule has 0 saturated carbocycles. The quantitative estimate of drug-likeness (QED) is 0.652. The average Bonchev–Trinajstić information content (AvgIpc) is 3.03. The number of nitrogens with two attached hydrogens (primary N) is 1. The highest BCUT2D eigenvalue weighted by molar-refractivity contribution is 7.89. The molecule has 124 valence electrons. The number of benzene rings is 1. The summed E-state index contributed by atoms with van der Waals surface area (Å²) in [5.41, 5.74) is 6.58. The first kappa shape index (κ1) is 17.2. The van der Waals surface area contributed by atoms with Crippen molar-refractivity contribution in [2.24, 2.45) is 5.73 Å². The van der Waals surface area contributed by atoms with Crippen LogP contribution in [-0.2, 0) is 23.1 Å². The molecule has 0 aliphatic carbocycles. The van der Waals surface area contributed by atoms with Gasteiger partial charge in [0.15, 0.2) is 0 Å². The summed E-state index contributed by atoms with van der Waals surface area (Å²) in [5, 5.41) is 2.53. The minimum atomic E-state index is -3.47. The number of hydrogen-bond donors (Lipinski definition) is 3. The van der Waals surface area contributed by atoms with Gasteiger partial charge >= 0.3 is 0 Å². The van der Waals surface area contributed by atoms with Crippen LogP contribution < -0.4 is 15.8 Å². The van der Waals surface area contributed by atoms with E-state index in [-0.39, 0.29) is 25.4 Å². The number of carbonyl (C=O) groups excluding carboxylic acids is 1. The third-order valence-electron chi connectivity index (χ3n) is 3.11. The first-order valence-corrected chi connectivity index (χ1v) is 8.72. The third kappa shape index (κ3) is 5.51. The van der Waals surface area contributed by atoms with Crippen LogP contribution in [0.2, 0.25) is 0 Å². The van der Waals surface area contributed by atoms with Crippen LogP contribution in [0, 0.1) is 0 Å². The molecule has 1 heterocycles. The minimum absolute atomic E-state index is 0.00605. The van der Waals surface area contributed by atoms with Crippen molar-refractivity contribution in [1.82, 2.24) is 10.0 Å². The maximum absolute atomic E-state index is 11.9. The van der Waals surface area contributed by atoms with Crippen molar-refractivity contribution < 1.29 is 17.6 Å². The van der Waals surface area contributed by atoms with Crippen molar-refractivity contribution in [3.8, 4) is 0 Å². The second-order valence-electron chi connectivity index (χ2n) is 4.89. The molecule has 1 aromatic heterocycles. The molecule has 2 aromatic rings. The molecule has 7 nitrogen and oxygen atoms in total. The lowest BCUT2D eigenvalue weighted by Crippen LogP contribution is -2.34. The maximum atomic E-state index is 11.9. The summed E-state index contributed by atoms with van der Waals surface area (Å²) in [7, 11) is -3.47. The summed E-state index contributed by atoms with van der Waals surface area (Å²) in [6, 6.07) is 10.7. The number of rotatable bonds is 8. The zero-order chi connectivity index (χ0) is 16.7. The van der Waals surface area contributed by atoms with Gasteiger partial charge in [-0.05, 0) is 11.6 Å². The van der Waals surface area contributed by atoms with Crippen molar-refractivity contribution in [2.45, 2.75) is 13.1 Å². The molecule has 0 unspecified atom stereocenters. The highest BCUT2D eigenvalue weighted by Crippen LogP contribution is 2.06. The van der Waals surface area contributed by atoms with Crippen molar-refractivity contribution in [2.75, 3.05) is 12.3 Å². The average molecular weight is 337 g/mol. The molecule has 23 heavy (non-hydrogen) atoms. The van der Waals surface area contributed by atoms with E-state index in [2.05, 4.69) is 10.0 Å². The van der Waals surface area contributed by atoms with Gasteiger partial charge in [0.1, 0.15) is 12.0 Å². The van der Waals surface area contributed by atoms with Gasteiger partial charge in [0.2, 0.25) is 10.0 Å². The number of carbonyl (C=O) groups is 1. The number of amides is 1. The molecule has 0 bridgehead atoms. The molecular weight excluding hydrogens is 318 g/mol. The van der Waals surface area contributed by atoms with Crippen LogP contribution in [0.25, 0.3) is 0 Å². The van der Waals surface area contributed by atoms with E-state index in [1.165, 1.54) is 12.3 Å².